The van der Waals surface area contributed by atoms with Gasteiger partial charge in [0.25, 0.3) is 5.91 Å². The van der Waals surface area contributed by atoms with Crippen molar-refractivity contribution >= 4 is 17.7 Å². The minimum atomic E-state index is -0.625. The lowest BCUT2D eigenvalue weighted by Gasteiger charge is -2.41. The molecule has 3 amide bonds. The second-order valence-corrected chi connectivity index (χ2v) is 6.55. The number of carbonyl (C=O) groups excluding carboxylic acids is 3. The van der Waals surface area contributed by atoms with E-state index < -0.39 is 6.04 Å². The molecule has 8 heteroatoms. The van der Waals surface area contributed by atoms with E-state index in [4.69, 9.17) is 4.42 Å². The number of rotatable bonds is 4. The van der Waals surface area contributed by atoms with Crippen molar-refractivity contribution in [2.45, 2.75) is 31.8 Å². The maximum Gasteiger partial charge on any atom is 0.255 e. The number of furan rings is 1. The minimum Gasteiger partial charge on any atom is -0.472 e. The molecule has 2 aliphatic rings. The second kappa shape index (κ2) is 7.69. The summed E-state index contributed by atoms with van der Waals surface area (Å²) < 4.78 is 4.89. The van der Waals surface area contributed by atoms with Gasteiger partial charge in [-0.25, -0.2) is 0 Å². The summed E-state index contributed by atoms with van der Waals surface area (Å²) in [4.78, 5) is 40.4. The quantitative estimate of drug-likeness (QED) is 0.787. The third-order valence-corrected chi connectivity index (χ3v) is 4.78. The van der Waals surface area contributed by atoms with Gasteiger partial charge < -0.3 is 24.9 Å². The van der Waals surface area contributed by atoms with Crippen LogP contribution in [-0.2, 0) is 9.59 Å². The average Bonchev–Trinajstić information content (AvgIpc) is 3.16. The van der Waals surface area contributed by atoms with Gasteiger partial charge >= 0.3 is 0 Å². The highest BCUT2D eigenvalue weighted by Crippen LogP contribution is 2.18. The van der Waals surface area contributed by atoms with Crippen LogP contribution in [0, 0.1) is 0 Å². The maximum absolute atomic E-state index is 12.7. The van der Waals surface area contributed by atoms with Gasteiger partial charge in [0.05, 0.1) is 18.4 Å². The van der Waals surface area contributed by atoms with Gasteiger partial charge in [0.15, 0.2) is 0 Å². The van der Waals surface area contributed by atoms with Crippen LogP contribution in [0.4, 0.5) is 0 Å². The van der Waals surface area contributed by atoms with Crippen molar-refractivity contribution in [3.05, 3.63) is 24.2 Å². The molecule has 2 atom stereocenters. The molecule has 0 radical (unpaired) electrons. The van der Waals surface area contributed by atoms with Crippen LogP contribution in [0.5, 0.6) is 0 Å². The summed E-state index contributed by atoms with van der Waals surface area (Å²) in [5.74, 6) is -0.364. The van der Waals surface area contributed by atoms with Crippen molar-refractivity contribution in [3.63, 3.8) is 0 Å². The van der Waals surface area contributed by atoms with Crippen LogP contribution >= 0.6 is 0 Å². The highest BCUT2D eigenvalue weighted by atomic mass is 16.3. The normalized spacial score (nSPS) is 22.6. The monoisotopic (exact) mass is 348 g/mol. The summed E-state index contributed by atoms with van der Waals surface area (Å²) in [6, 6.07) is 0.989. The number of hydrogen-bond donors (Lipinski definition) is 2. The number of nitrogens with zero attached hydrogens (tertiary/aromatic N) is 2. The zero-order valence-corrected chi connectivity index (χ0v) is 14.4. The Bertz CT molecular complexity index is 631. The van der Waals surface area contributed by atoms with Crippen molar-refractivity contribution in [2.24, 2.45) is 0 Å². The zero-order chi connectivity index (χ0) is 17.8. The summed E-state index contributed by atoms with van der Waals surface area (Å²) in [5, 5.41) is 5.77. The van der Waals surface area contributed by atoms with E-state index in [9.17, 15) is 14.4 Å². The van der Waals surface area contributed by atoms with E-state index >= 15 is 0 Å². The highest BCUT2D eigenvalue weighted by molar-refractivity contribution is 5.97. The summed E-state index contributed by atoms with van der Waals surface area (Å²) in [6.07, 6.45) is 4.53. The Hall–Kier alpha value is -2.35. The lowest BCUT2D eigenvalue weighted by molar-refractivity contribution is -0.141. The molecule has 136 valence electrons. The minimum absolute atomic E-state index is 0.0593. The van der Waals surface area contributed by atoms with Crippen LogP contribution < -0.4 is 10.6 Å². The first-order chi connectivity index (χ1) is 12.1. The molecule has 2 fully saturated rings. The zero-order valence-electron chi connectivity index (χ0n) is 14.4. The van der Waals surface area contributed by atoms with Crippen LogP contribution in [0.25, 0.3) is 0 Å². The smallest absolute Gasteiger partial charge is 0.255 e. The number of hydrogen-bond acceptors (Lipinski definition) is 5. The van der Waals surface area contributed by atoms with Gasteiger partial charge in [0, 0.05) is 32.2 Å². The summed E-state index contributed by atoms with van der Waals surface area (Å²) in [5.41, 5.74) is 0.391. The predicted octanol–water partition coefficient (Wildman–Crippen LogP) is -0.179. The summed E-state index contributed by atoms with van der Waals surface area (Å²) in [7, 11) is 0. The SMILES string of the molecule is CC(NC(=O)c1ccoc1)C(=O)N1CCCC(N2CCNCC2=O)C1. The van der Waals surface area contributed by atoms with Gasteiger partial charge in [-0.15, -0.1) is 0 Å². The lowest BCUT2D eigenvalue weighted by atomic mass is 10.0. The van der Waals surface area contributed by atoms with E-state index in [0.29, 0.717) is 31.7 Å². The molecule has 2 N–H and O–H groups in total. The largest absolute Gasteiger partial charge is 0.472 e. The maximum atomic E-state index is 12.7. The molecule has 8 nitrogen and oxygen atoms in total. The third kappa shape index (κ3) is 4.01. The van der Waals surface area contributed by atoms with E-state index in [1.807, 2.05) is 4.90 Å². The molecule has 2 aliphatic heterocycles. The molecular weight excluding hydrogens is 324 g/mol. The van der Waals surface area contributed by atoms with Crippen molar-refractivity contribution < 1.29 is 18.8 Å². The Labute approximate surface area is 146 Å². The second-order valence-electron chi connectivity index (χ2n) is 6.55. The Morgan fingerprint density at radius 2 is 2.24 bits per heavy atom. The Kier molecular flexibility index (Phi) is 5.37. The molecule has 0 spiro atoms. The molecule has 0 aliphatic carbocycles. The van der Waals surface area contributed by atoms with Crippen molar-refractivity contribution in [3.8, 4) is 0 Å². The first kappa shape index (κ1) is 17.5. The van der Waals surface area contributed by atoms with Gasteiger partial charge in [-0.2, -0.15) is 0 Å². The molecule has 3 heterocycles. The van der Waals surface area contributed by atoms with Crippen molar-refractivity contribution in [1.82, 2.24) is 20.4 Å². The van der Waals surface area contributed by atoms with Crippen LogP contribution in [0.2, 0.25) is 0 Å². The lowest BCUT2D eigenvalue weighted by Crippen LogP contribution is -2.59. The standard InChI is InChI=1S/C17H24N4O4/c1-12(19-16(23)13-4-8-25-11-13)17(24)20-6-2-3-14(10-20)21-7-5-18-9-15(21)22/h4,8,11-12,14,18H,2-3,5-7,9-10H2,1H3,(H,19,23). The molecule has 0 aromatic carbocycles. The first-order valence-corrected chi connectivity index (χ1v) is 8.68. The van der Waals surface area contributed by atoms with E-state index in [2.05, 4.69) is 10.6 Å². The topological polar surface area (TPSA) is 94.9 Å². The average molecular weight is 348 g/mol. The first-order valence-electron chi connectivity index (χ1n) is 8.68. The van der Waals surface area contributed by atoms with Gasteiger partial charge in [-0.1, -0.05) is 0 Å². The Morgan fingerprint density at radius 3 is 2.96 bits per heavy atom. The van der Waals surface area contributed by atoms with E-state index in [1.165, 1.54) is 12.5 Å². The Balaban J connectivity index is 1.57. The Morgan fingerprint density at radius 1 is 1.40 bits per heavy atom. The van der Waals surface area contributed by atoms with E-state index in [-0.39, 0.29) is 23.8 Å². The van der Waals surface area contributed by atoms with Crippen LogP contribution in [-0.4, -0.2) is 72.3 Å². The molecule has 0 bridgehead atoms. The van der Waals surface area contributed by atoms with Crippen LogP contribution in [0.3, 0.4) is 0 Å². The number of piperidine rings is 1. The van der Waals surface area contributed by atoms with Gasteiger partial charge in [-0.05, 0) is 25.8 Å². The number of piperazine rings is 1. The molecule has 1 aromatic heterocycles. The molecule has 0 saturated carbocycles. The van der Waals surface area contributed by atoms with Crippen LogP contribution in [0.15, 0.2) is 23.0 Å². The number of amides is 3. The van der Waals surface area contributed by atoms with Gasteiger partial charge in [0.2, 0.25) is 11.8 Å². The fourth-order valence-corrected chi connectivity index (χ4v) is 3.43. The molecule has 1 aromatic rings. The third-order valence-electron chi connectivity index (χ3n) is 4.78. The van der Waals surface area contributed by atoms with E-state index in [1.54, 1.807) is 17.9 Å². The molecule has 2 unspecified atom stereocenters. The van der Waals surface area contributed by atoms with Gasteiger partial charge in [0.1, 0.15) is 12.3 Å². The number of carbonyl (C=O) groups is 3. The fourth-order valence-electron chi connectivity index (χ4n) is 3.43. The molecule has 25 heavy (non-hydrogen) atoms. The van der Waals surface area contributed by atoms with Crippen molar-refractivity contribution in [1.29, 1.82) is 0 Å². The molecule has 2 saturated heterocycles. The van der Waals surface area contributed by atoms with Crippen molar-refractivity contribution in [2.75, 3.05) is 32.7 Å². The predicted molar refractivity (Wildman–Crippen MR) is 89.8 cm³/mol. The fraction of sp³-hybridized carbons (Fsp3) is 0.588. The van der Waals surface area contributed by atoms with Crippen LogP contribution in [0.1, 0.15) is 30.1 Å². The molecular formula is C17H24N4O4. The highest BCUT2D eigenvalue weighted by Gasteiger charge is 2.33. The molecule has 3 rings (SSSR count). The number of nitrogens with one attached hydrogen (secondary N) is 2. The number of likely N-dealkylation sites (tertiary alicyclic amines) is 1. The van der Waals surface area contributed by atoms with Gasteiger partial charge in [-0.3, -0.25) is 14.4 Å². The van der Waals surface area contributed by atoms with E-state index in [0.717, 1.165) is 19.4 Å². The summed E-state index contributed by atoms with van der Waals surface area (Å²) in [6.45, 7) is 4.69. The summed E-state index contributed by atoms with van der Waals surface area (Å²) >= 11 is 0.